The maximum Gasteiger partial charge on any atom is 0.146 e. The lowest BCUT2D eigenvalue weighted by molar-refractivity contribution is 0.610. The summed E-state index contributed by atoms with van der Waals surface area (Å²) in [4.78, 5) is 10.7. The fraction of sp³-hybridized carbons (Fsp3) is 0.600. The highest BCUT2D eigenvalue weighted by Gasteiger charge is 2.26. The van der Waals surface area contributed by atoms with Crippen LogP contribution in [0.15, 0.2) is 17.0 Å². The summed E-state index contributed by atoms with van der Waals surface area (Å²) in [7, 11) is 1.99. The summed E-state index contributed by atoms with van der Waals surface area (Å²) < 4.78 is 0.980. The lowest BCUT2D eigenvalue weighted by Gasteiger charge is -2.26. The van der Waals surface area contributed by atoms with Gasteiger partial charge in [0.1, 0.15) is 12.1 Å². The number of rotatable bonds is 3. The summed E-state index contributed by atoms with van der Waals surface area (Å²) in [6.45, 7) is 2.10. The average Bonchev–Trinajstić information content (AvgIpc) is 2.67. The third-order valence-electron chi connectivity index (χ3n) is 2.74. The van der Waals surface area contributed by atoms with Gasteiger partial charge in [0.05, 0.1) is 4.47 Å². The second-order valence-corrected chi connectivity index (χ2v) is 4.60. The van der Waals surface area contributed by atoms with Crippen molar-refractivity contribution < 1.29 is 0 Å². The topological polar surface area (TPSA) is 41.0 Å². The maximum absolute atomic E-state index is 4.33. The molecule has 1 aliphatic rings. The second-order valence-electron chi connectivity index (χ2n) is 3.74. The van der Waals surface area contributed by atoms with Crippen molar-refractivity contribution in [3.8, 4) is 0 Å². The Hall–Kier alpha value is -0.680. The van der Waals surface area contributed by atoms with Gasteiger partial charge < -0.3 is 10.2 Å². The Morgan fingerprint density at radius 2 is 2.53 bits per heavy atom. The molecule has 1 saturated heterocycles. The molecule has 1 aromatic heterocycles. The van der Waals surface area contributed by atoms with Crippen molar-refractivity contribution in [3.63, 3.8) is 0 Å². The van der Waals surface area contributed by atoms with Gasteiger partial charge in [0.25, 0.3) is 0 Å². The van der Waals surface area contributed by atoms with E-state index in [1.165, 1.54) is 12.8 Å². The van der Waals surface area contributed by atoms with E-state index in [0.29, 0.717) is 6.04 Å². The highest BCUT2D eigenvalue weighted by molar-refractivity contribution is 9.10. The van der Waals surface area contributed by atoms with Crippen LogP contribution in [0.3, 0.4) is 0 Å². The molecule has 1 aromatic rings. The third-order valence-corrected chi connectivity index (χ3v) is 3.30. The molecule has 1 atom stereocenters. The summed E-state index contributed by atoms with van der Waals surface area (Å²) in [5.41, 5.74) is 0. The minimum Gasteiger partial charge on any atom is -0.351 e. The zero-order valence-corrected chi connectivity index (χ0v) is 10.4. The first-order valence-corrected chi connectivity index (χ1v) is 5.99. The molecule has 0 saturated carbocycles. The molecular formula is C10H15BrN4. The van der Waals surface area contributed by atoms with Crippen molar-refractivity contribution in [1.82, 2.24) is 15.3 Å². The Bertz CT molecular complexity index is 331. The normalized spacial score (nSPS) is 20.9. The maximum atomic E-state index is 4.33. The molecular weight excluding hydrogens is 256 g/mol. The Morgan fingerprint density at radius 1 is 1.67 bits per heavy atom. The van der Waals surface area contributed by atoms with E-state index in [1.807, 2.05) is 7.05 Å². The molecule has 82 valence electrons. The van der Waals surface area contributed by atoms with Crippen LogP contribution in [0.25, 0.3) is 0 Å². The number of nitrogens with one attached hydrogen (secondary N) is 1. The molecule has 2 heterocycles. The Kier molecular flexibility index (Phi) is 3.53. The summed E-state index contributed by atoms with van der Waals surface area (Å²) in [6, 6.07) is 0.557. The first-order chi connectivity index (χ1) is 7.33. The van der Waals surface area contributed by atoms with Gasteiger partial charge >= 0.3 is 0 Å². The van der Waals surface area contributed by atoms with Gasteiger partial charge in [0, 0.05) is 25.3 Å². The van der Waals surface area contributed by atoms with E-state index in [2.05, 4.69) is 36.1 Å². The van der Waals surface area contributed by atoms with Crippen molar-refractivity contribution >= 4 is 21.7 Å². The zero-order chi connectivity index (χ0) is 10.7. The minimum absolute atomic E-state index is 0.557. The van der Waals surface area contributed by atoms with Crippen LogP contribution in [0.2, 0.25) is 0 Å². The van der Waals surface area contributed by atoms with E-state index in [4.69, 9.17) is 0 Å². The highest BCUT2D eigenvalue weighted by atomic mass is 79.9. The van der Waals surface area contributed by atoms with Gasteiger partial charge in [-0.25, -0.2) is 9.97 Å². The van der Waals surface area contributed by atoms with Crippen LogP contribution in [-0.2, 0) is 0 Å². The van der Waals surface area contributed by atoms with E-state index >= 15 is 0 Å². The molecule has 0 radical (unpaired) electrons. The zero-order valence-electron chi connectivity index (χ0n) is 8.78. The molecule has 0 amide bonds. The molecule has 5 heteroatoms. The fourth-order valence-corrected chi connectivity index (χ4v) is 2.53. The lowest BCUT2D eigenvalue weighted by atomic mass is 10.2. The van der Waals surface area contributed by atoms with Gasteiger partial charge in [-0.2, -0.15) is 0 Å². The van der Waals surface area contributed by atoms with E-state index in [-0.39, 0.29) is 0 Å². The van der Waals surface area contributed by atoms with Gasteiger partial charge in [-0.05, 0) is 35.8 Å². The van der Waals surface area contributed by atoms with Crippen LogP contribution in [0.1, 0.15) is 12.8 Å². The monoisotopic (exact) mass is 270 g/mol. The summed E-state index contributed by atoms with van der Waals surface area (Å²) in [6.07, 6.45) is 5.88. The largest absolute Gasteiger partial charge is 0.351 e. The van der Waals surface area contributed by atoms with Gasteiger partial charge in [0.15, 0.2) is 0 Å². The molecule has 1 N–H and O–H groups in total. The summed E-state index contributed by atoms with van der Waals surface area (Å²) in [5.74, 6) is 1.02. The number of aromatic nitrogens is 2. The van der Waals surface area contributed by atoms with Crippen LogP contribution in [0, 0.1) is 0 Å². The van der Waals surface area contributed by atoms with Crippen molar-refractivity contribution in [3.05, 3.63) is 17.0 Å². The molecule has 0 bridgehead atoms. The Balaban J connectivity index is 2.19. The standard InChI is InChI=1S/C10H15BrN4/c1-12-5-8-3-2-4-15(8)10-9(11)6-13-7-14-10/h6-8,12H,2-5H2,1H3. The highest BCUT2D eigenvalue weighted by Crippen LogP contribution is 2.28. The summed E-state index contributed by atoms with van der Waals surface area (Å²) >= 11 is 3.50. The van der Waals surface area contributed by atoms with Gasteiger partial charge in [-0.1, -0.05) is 0 Å². The van der Waals surface area contributed by atoms with E-state index < -0.39 is 0 Å². The van der Waals surface area contributed by atoms with Crippen LogP contribution in [0.4, 0.5) is 5.82 Å². The van der Waals surface area contributed by atoms with Crippen molar-refractivity contribution in [2.75, 3.05) is 25.0 Å². The molecule has 4 nitrogen and oxygen atoms in total. The van der Waals surface area contributed by atoms with Crippen LogP contribution in [0.5, 0.6) is 0 Å². The SMILES string of the molecule is CNCC1CCCN1c1ncncc1Br. The predicted octanol–water partition coefficient (Wildman–Crippen LogP) is 1.43. The van der Waals surface area contributed by atoms with E-state index in [0.717, 1.165) is 23.4 Å². The molecule has 2 rings (SSSR count). The van der Waals surface area contributed by atoms with Crippen LogP contribution in [-0.4, -0.2) is 36.1 Å². The Morgan fingerprint density at radius 3 is 3.27 bits per heavy atom. The van der Waals surface area contributed by atoms with Gasteiger partial charge in [-0.15, -0.1) is 0 Å². The lowest BCUT2D eigenvalue weighted by Crippen LogP contribution is -2.37. The Labute approximate surface area is 98.2 Å². The number of anilines is 1. The van der Waals surface area contributed by atoms with Crippen LogP contribution >= 0.6 is 15.9 Å². The smallest absolute Gasteiger partial charge is 0.146 e. The van der Waals surface area contributed by atoms with Crippen molar-refractivity contribution in [2.45, 2.75) is 18.9 Å². The van der Waals surface area contributed by atoms with E-state index in [1.54, 1.807) is 12.5 Å². The van der Waals surface area contributed by atoms with Crippen LogP contribution < -0.4 is 10.2 Å². The first kappa shape index (κ1) is 10.8. The number of halogens is 1. The van der Waals surface area contributed by atoms with E-state index in [9.17, 15) is 0 Å². The number of likely N-dealkylation sites (N-methyl/N-ethyl adjacent to an activating group) is 1. The molecule has 0 aliphatic carbocycles. The second kappa shape index (κ2) is 4.90. The van der Waals surface area contributed by atoms with Crippen molar-refractivity contribution in [1.29, 1.82) is 0 Å². The predicted molar refractivity (Wildman–Crippen MR) is 64.0 cm³/mol. The first-order valence-electron chi connectivity index (χ1n) is 5.19. The number of nitrogens with zero attached hydrogens (tertiary/aromatic N) is 3. The molecule has 1 aliphatic heterocycles. The van der Waals surface area contributed by atoms with Gasteiger partial charge in [0.2, 0.25) is 0 Å². The quantitative estimate of drug-likeness (QED) is 0.903. The van der Waals surface area contributed by atoms with Gasteiger partial charge in [-0.3, -0.25) is 0 Å². The molecule has 15 heavy (non-hydrogen) atoms. The fourth-order valence-electron chi connectivity index (χ4n) is 2.08. The van der Waals surface area contributed by atoms with Crippen molar-refractivity contribution in [2.24, 2.45) is 0 Å². The molecule has 0 aromatic carbocycles. The third kappa shape index (κ3) is 2.29. The number of hydrogen-bond donors (Lipinski definition) is 1. The summed E-state index contributed by atoms with van der Waals surface area (Å²) in [5, 5.41) is 3.23. The molecule has 0 spiro atoms. The number of hydrogen-bond acceptors (Lipinski definition) is 4. The molecule has 1 fully saturated rings. The minimum atomic E-state index is 0.557. The molecule has 1 unspecified atom stereocenters. The average molecular weight is 271 g/mol.